The highest BCUT2D eigenvalue weighted by Gasteiger charge is 2.37. The summed E-state index contributed by atoms with van der Waals surface area (Å²) in [4.78, 5) is 23.0. The molecule has 0 aromatic heterocycles. The average molecular weight is 367 g/mol. The first-order valence-electron chi connectivity index (χ1n) is 7.91. The number of likely N-dealkylation sites (N-methyl/N-ethyl adjacent to an activating group) is 1. The summed E-state index contributed by atoms with van der Waals surface area (Å²) in [5, 5.41) is 1.68. The summed E-state index contributed by atoms with van der Waals surface area (Å²) < 4.78 is 0. The van der Waals surface area contributed by atoms with E-state index in [1.807, 2.05) is 50.4 Å². The van der Waals surface area contributed by atoms with Gasteiger partial charge in [-0.1, -0.05) is 41.6 Å². The van der Waals surface area contributed by atoms with Crippen LogP contribution in [-0.4, -0.2) is 30.1 Å². The number of carbonyl (C=O) groups excluding carboxylic acids is 1. The van der Waals surface area contributed by atoms with Gasteiger partial charge in [0.2, 0.25) is 0 Å². The van der Waals surface area contributed by atoms with Crippen LogP contribution in [0.4, 0.5) is 11.4 Å². The molecule has 2 aromatic rings. The summed E-state index contributed by atoms with van der Waals surface area (Å²) in [5.74, 6) is -0.00184. The third kappa shape index (κ3) is 2.85. The van der Waals surface area contributed by atoms with Crippen molar-refractivity contribution in [2.45, 2.75) is 11.8 Å². The lowest BCUT2D eigenvalue weighted by atomic mass is 10.2. The van der Waals surface area contributed by atoms with Crippen LogP contribution in [-0.2, 0) is 4.79 Å². The van der Waals surface area contributed by atoms with Crippen LogP contribution < -0.4 is 4.90 Å². The molecule has 0 bridgehead atoms. The Bertz CT molecular complexity index is 919. The Balaban J connectivity index is 1.69. The molecule has 0 radical (unpaired) electrons. The molecule has 0 atom stereocenters. The molecule has 4 rings (SSSR count). The minimum atomic E-state index is -0.00184. The van der Waals surface area contributed by atoms with Crippen LogP contribution in [0.25, 0.3) is 0 Å². The molecule has 0 N–H and O–H groups in total. The highest BCUT2D eigenvalue weighted by Crippen LogP contribution is 2.49. The number of anilines is 1. The number of benzene rings is 2. The molecule has 0 spiro atoms. The molecule has 0 aliphatic carbocycles. The molecule has 25 heavy (non-hydrogen) atoms. The largest absolute Gasteiger partial charge is 0.337 e. The van der Waals surface area contributed by atoms with E-state index in [-0.39, 0.29) is 5.91 Å². The van der Waals surface area contributed by atoms with E-state index in [4.69, 9.17) is 0 Å². The number of hydrogen-bond acceptors (Lipinski definition) is 5. The molecular weight excluding hydrogens is 350 g/mol. The van der Waals surface area contributed by atoms with Gasteiger partial charge >= 0.3 is 0 Å². The van der Waals surface area contributed by atoms with Gasteiger partial charge in [0, 0.05) is 19.0 Å². The topological polar surface area (TPSA) is 35.9 Å². The number of amides is 1. The van der Waals surface area contributed by atoms with Crippen LogP contribution in [0.2, 0.25) is 0 Å². The van der Waals surface area contributed by atoms with Crippen molar-refractivity contribution < 1.29 is 4.79 Å². The van der Waals surface area contributed by atoms with Gasteiger partial charge in [0.1, 0.15) is 4.91 Å². The predicted molar refractivity (Wildman–Crippen MR) is 106 cm³/mol. The summed E-state index contributed by atoms with van der Waals surface area (Å²) in [5.41, 5.74) is 3.18. The van der Waals surface area contributed by atoms with Crippen LogP contribution in [0.5, 0.6) is 0 Å². The van der Waals surface area contributed by atoms with Gasteiger partial charge in [-0.3, -0.25) is 9.69 Å². The fourth-order valence-electron chi connectivity index (χ4n) is 2.71. The SMILES string of the molecule is Cc1ccc(N=C2S/C(=C3\Sc4ccccc4N3C)C(=O)N2C)cc1. The van der Waals surface area contributed by atoms with Gasteiger partial charge in [-0.15, -0.1) is 0 Å². The van der Waals surface area contributed by atoms with Crippen LogP contribution in [0.15, 0.2) is 68.4 Å². The van der Waals surface area contributed by atoms with Crippen molar-refractivity contribution in [3.8, 4) is 0 Å². The maximum Gasteiger partial charge on any atom is 0.269 e. The third-order valence-corrected chi connectivity index (χ3v) is 6.66. The van der Waals surface area contributed by atoms with Crippen LogP contribution >= 0.6 is 23.5 Å². The highest BCUT2D eigenvalue weighted by atomic mass is 32.2. The molecule has 1 fully saturated rings. The zero-order valence-electron chi connectivity index (χ0n) is 14.2. The van der Waals surface area contributed by atoms with Gasteiger partial charge in [-0.25, -0.2) is 4.99 Å². The van der Waals surface area contributed by atoms with Crippen LogP contribution in [0.3, 0.4) is 0 Å². The molecule has 2 aliphatic rings. The van der Waals surface area contributed by atoms with Crippen LogP contribution in [0.1, 0.15) is 5.56 Å². The Morgan fingerprint density at radius 2 is 1.64 bits per heavy atom. The van der Waals surface area contributed by atoms with E-state index in [2.05, 4.69) is 22.0 Å². The Kier molecular flexibility index (Phi) is 4.09. The summed E-state index contributed by atoms with van der Waals surface area (Å²) in [6.45, 7) is 2.05. The minimum absolute atomic E-state index is 0.00184. The second kappa shape index (κ2) is 6.28. The number of para-hydroxylation sites is 1. The van der Waals surface area contributed by atoms with Crippen molar-refractivity contribution in [2.24, 2.45) is 4.99 Å². The van der Waals surface area contributed by atoms with E-state index in [0.29, 0.717) is 5.17 Å². The maximum absolute atomic E-state index is 12.8. The fraction of sp³-hybridized carbons (Fsp3) is 0.158. The zero-order valence-corrected chi connectivity index (χ0v) is 15.8. The van der Waals surface area contributed by atoms with Gasteiger partial charge < -0.3 is 4.90 Å². The number of nitrogens with zero attached hydrogens (tertiary/aromatic N) is 3. The second-order valence-electron chi connectivity index (χ2n) is 5.96. The summed E-state index contributed by atoms with van der Waals surface area (Å²) in [7, 11) is 3.78. The molecule has 126 valence electrons. The standard InChI is InChI=1S/C19H17N3OS2/c1-12-8-10-13(11-9-12)20-19-22(3)17(23)16(25-19)18-21(2)14-6-4-5-7-15(14)24-18/h4-11H,1-3H3/b18-16-,20-19?. The smallest absolute Gasteiger partial charge is 0.269 e. The molecule has 4 nitrogen and oxygen atoms in total. The number of amidine groups is 1. The Morgan fingerprint density at radius 1 is 0.920 bits per heavy atom. The molecule has 2 aromatic carbocycles. The van der Waals surface area contributed by atoms with E-state index in [9.17, 15) is 4.79 Å². The van der Waals surface area contributed by atoms with Crippen molar-refractivity contribution in [1.82, 2.24) is 4.90 Å². The Labute approximate surface area is 155 Å². The number of aryl methyl sites for hydroxylation is 1. The summed E-state index contributed by atoms with van der Waals surface area (Å²) in [6, 6.07) is 16.2. The Hall–Kier alpha value is -2.18. The molecule has 2 heterocycles. The summed E-state index contributed by atoms with van der Waals surface area (Å²) in [6.07, 6.45) is 0. The number of thioether (sulfide) groups is 2. The van der Waals surface area contributed by atoms with Gasteiger partial charge in [0.25, 0.3) is 5.91 Å². The molecule has 1 amide bonds. The van der Waals surface area contributed by atoms with E-state index >= 15 is 0 Å². The molecule has 6 heteroatoms. The molecular formula is C19H17N3OS2. The lowest BCUT2D eigenvalue weighted by Crippen LogP contribution is -2.24. The molecule has 0 saturated carbocycles. The second-order valence-corrected chi connectivity index (χ2v) is 7.97. The minimum Gasteiger partial charge on any atom is -0.337 e. The number of hydrogen-bond donors (Lipinski definition) is 0. The monoisotopic (exact) mass is 367 g/mol. The van der Waals surface area contributed by atoms with Crippen molar-refractivity contribution in [2.75, 3.05) is 19.0 Å². The fourth-order valence-corrected chi connectivity index (χ4v) is 5.04. The lowest BCUT2D eigenvalue weighted by molar-refractivity contribution is -0.121. The number of carbonyl (C=O) groups is 1. The third-order valence-electron chi connectivity index (χ3n) is 4.17. The Morgan fingerprint density at radius 3 is 2.36 bits per heavy atom. The maximum atomic E-state index is 12.8. The zero-order chi connectivity index (χ0) is 17.6. The van der Waals surface area contributed by atoms with Crippen molar-refractivity contribution in [3.63, 3.8) is 0 Å². The van der Waals surface area contributed by atoms with Gasteiger partial charge in [0.15, 0.2) is 5.17 Å². The van der Waals surface area contributed by atoms with E-state index in [0.717, 1.165) is 21.3 Å². The molecule has 1 saturated heterocycles. The van der Waals surface area contributed by atoms with E-state index in [1.165, 1.54) is 22.2 Å². The first-order chi connectivity index (χ1) is 12.0. The summed E-state index contributed by atoms with van der Waals surface area (Å²) >= 11 is 3.08. The molecule has 0 unspecified atom stereocenters. The number of rotatable bonds is 1. The van der Waals surface area contributed by atoms with Gasteiger partial charge in [-0.2, -0.15) is 0 Å². The van der Waals surface area contributed by atoms with Crippen molar-refractivity contribution >= 4 is 46.0 Å². The van der Waals surface area contributed by atoms with Crippen molar-refractivity contribution in [3.05, 3.63) is 64.0 Å². The van der Waals surface area contributed by atoms with E-state index in [1.54, 1.807) is 23.7 Å². The quantitative estimate of drug-likeness (QED) is 0.690. The van der Waals surface area contributed by atoms with E-state index < -0.39 is 0 Å². The number of aliphatic imine (C=N–C) groups is 1. The normalized spacial score (nSPS) is 21.4. The van der Waals surface area contributed by atoms with Gasteiger partial charge in [0.05, 0.1) is 16.4 Å². The number of fused-ring (bicyclic) bond motifs is 1. The predicted octanol–water partition coefficient (Wildman–Crippen LogP) is 4.60. The van der Waals surface area contributed by atoms with Crippen molar-refractivity contribution in [1.29, 1.82) is 0 Å². The molecule has 2 aliphatic heterocycles. The first kappa shape index (κ1) is 16.3. The highest BCUT2D eigenvalue weighted by molar-refractivity contribution is 8.19. The van der Waals surface area contributed by atoms with Gasteiger partial charge in [-0.05, 0) is 43.0 Å². The van der Waals surface area contributed by atoms with Crippen LogP contribution in [0, 0.1) is 6.92 Å². The lowest BCUT2D eigenvalue weighted by Gasteiger charge is -2.14. The average Bonchev–Trinajstić information content (AvgIpc) is 3.09. The first-order valence-corrected chi connectivity index (χ1v) is 9.54.